The van der Waals surface area contributed by atoms with Gasteiger partial charge in [-0.05, 0) is 57.7 Å². The Balaban J connectivity index is 2.04. The van der Waals surface area contributed by atoms with E-state index in [1.807, 2.05) is 20.8 Å². The van der Waals surface area contributed by atoms with E-state index in [0.717, 1.165) is 29.7 Å². The lowest BCUT2D eigenvalue weighted by Crippen LogP contribution is -2.44. The molecule has 3 rings (SSSR count). The van der Waals surface area contributed by atoms with Gasteiger partial charge >= 0.3 is 6.09 Å². The number of aromatic nitrogens is 2. The number of imidazole rings is 1. The SMILES string of the molecule is CC(C)CCC1c2nc3ccc(S(C)(=O)=O)cc3n2CCN1C(=O)OC(C)(C)C. The van der Waals surface area contributed by atoms with Gasteiger partial charge in [-0.3, -0.25) is 4.90 Å². The quantitative estimate of drug-likeness (QED) is 0.740. The molecule has 29 heavy (non-hydrogen) atoms. The van der Waals surface area contributed by atoms with Crippen molar-refractivity contribution in [2.24, 2.45) is 5.92 Å². The summed E-state index contributed by atoms with van der Waals surface area (Å²) in [5.41, 5.74) is 0.969. The van der Waals surface area contributed by atoms with Crippen molar-refractivity contribution in [3.8, 4) is 0 Å². The van der Waals surface area contributed by atoms with Crippen molar-refractivity contribution >= 4 is 27.0 Å². The van der Waals surface area contributed by atoms with E-state index < -0.39 is 15.4 Å². The van der Waals surface area contributed by atoms with E-state index in [1.54, 1.807) is 23.1 Å². The summed E-state index contributed by atoms with van der Waals surface area (Å²) in [7, 11) is -3.30. The topological polar surface area (TPSA) is 81.5 Å². The number of fused-ring (bicyclic) bond motifs is 3. The predicted octanol–water partition coefficient (Wildman–Crippen LogP) is 4.17. The Hall–Kier alpha value is -2.09. The minimum atomic E-state index is -3.30. The van der Waals surface area contributed by atoms with Gasteiger partial charge in [0.2, 0.25) is 0 Å². The normalized spacial score (nSPS) is 17.6. The number of nitrogens with zero attached hydrogens (tertiary/aromatic N) is 3. The highest BCUT2D eigenvalue weighted by Crippen LogP contribution is 2.34. The number of hydrogen-bond donors (Lipinski definition) is 0. The van der Waals surface area contributed by atoms with Crippen LogP contribution in [-0.2, 0) is 21.1 Å². The Morgan fingerprint density at radius 1 is 1.28 bits per heavy atom. The van der Waals surface area contributed by atoms with Crippen molar-refractivity contribution in [2.45, 2.75) is 70.5 Å². The van der Waals surface area contributed by atoms with Crippen molar-refractivity contribution in [2.75, 3.05) is 12.8 Å². The number of hydrogen-bond acceptors (Lipinski definition) is 5. The number of ether oxygens (including phenoxy) is 1. The molecule has 1 amide bonds. The molecule has 0 radical (unpaired) electrons. The first-order valence-electron chi connectivity index (χ1n) is 10.1. The summed E-state index contributed by atoms with van der Waals surface area (Å²) in [5.74, 6) is 1.29. The maximum absolute atomic E-state index is 12.9. The van der Waals surface area contributed by atoms with Crippen LogP contribution in [0.4, 0.5) is 4.79 Å². The number of carbonyl (C=O) groups excluding carboxylic acids is 1. The molecule has 160 valence electrons. The lowest BCUT2D eigenvalue weighted by Gasteiger charge is -2.37. The second-order valence-corrected chi connectivity index (χ2v) is 11.2. The van der Waals surface area contributed by atoms with Crippen LogP contribution in [0, 0.1) is 5.92 Å². The zero-order chi connectivity index (χ0) is 21.6. The van der Waals surface area contributed by atoms with Crippen LogP contribution in [0.5, 0.6) is 0 Å². The van der Waals surface area contributed by atoms with Gasteiger partial charge in [0.25, 0.3) is 0 Å². The van der Waals surface area contributed by atoms with E-state index in [0.29, 0.717) is 19.0 Å². The predicted molar refractivity (Wildman–Crippen MR) is 113 cm³/mol. The fraction of sp³-hybridized carbons (Fsp3) is 0.619. The molecule has 0 saturated carbocycles. The molecule has 0 bridgehead atoms. The first kappa shape index (κ1) is 21.6. The summed E-state index contributed by atoms with van der Waals surface area (Å²) < 4.78 is 31.7. The van der Waals surface area contributed by atoms with Crippen molar-refractivity contribution in [3.63, 3.8) is 0 Å². The summed E-state index contributed by atoms with van der Waals surface area (Å²) in [4.78, 5) is 19.7. The summed E-state index contributed by atoms with van der Waals surface area (Å²) in [6.07, 6.45) is 2.60. The molecule has 0 fully saturated rings. The molecular formula is C21H31N3O4S. The molecular weight excluding hydrogens is 390 g/mol. The number of amides is 1. The van der Waals surface area contributed by atoms with E-state index in [4.69, 9.17) is 9.72 Å². The van der Waals surface area contributed by atoms with Crippen LogP contribution in [0.1, 0.15) is 59.3 Å². The van der Waals surface area contributed by atoms with E-state index in [9.17, 15) is 13.2 Å². The highest BCUT2D eigenvalue weighted by molar-refractivity contribution is 7.90. The monoisotopic (exact) mass is 421 g/mol. The Labute approximate surface area is 173 Å². The maximum Gasteiger partial charge on any atom is 0.410 e. The van der Waals surface area contributed by atoms with Crippen molar-refractivity contribution in [1.29, 1.82) is 0 Å². The van der Waals surface area contributed by atoms with Crippen molar-refractivity contribution in [3.05, 3.63) is 24.0 Å². The molecule has 7 nitrogen and oxygen atoms in total. The first-order valence-corrected chi connectivity index (χ1v) is 12.0. The fourth-order valence-electron chi connectivity index (χ4n) is 3.66. The van der Waals surface area contributed by atoms with Crippen LogP contribution in [0.2, 0.25) is 0 Å². The minimum Gasteiger partial charge on any atom is -0.444 e. The van der Waals surface area contributed by atoms with E-state index in [1.165, 1.54) is 6.26 Å². The Kier molecular flexibility index (Phi) is 5.69. The Bertz CT molecular complexity index is 1020. The third-order valence-corrected chi connectivity index (χ3v) is 6.17. The second kappa shape index (κ2) is 7.63. The highest BCUT2D eigenvalue weighted by atomic mass is 32.2. The molecule has 0 saturated heterocycles. The van der Waals surface area contributed by atoms with E-state index in [2.05, 4.69) is 18.4 Å². The van der Waals surface area contributed by atoms with Crippen LogP contribution < -0.4 is 0 Å². The minimum absolute atomic E-state index is 0.199. The van der Waals surface area contributed by atoms with Crippen LogP contribution in [-0.4, -0.2) is 47.4 Å². The molecule has 8 heteroatoms. The zero-order valence-corrected chi connectivity index (χ0v) is 18.9. The largest absolute Gasteiger partial charge is 0.444 e. The third kappa shape index (κ3) is 4.74. The van der Waals surface area contributed by atoms with Gasteiger partial charge in [0.1, 0.15) is 11.4 Å². The van der Waals surface area contributed by atoms with Gasteiger partial charge in [0.05, 0.1) is 22.0 Å². The van der Waals surface area contributed by atoms with Gasteiger partial charge in [-0.2, -0.15) is 0 Å². The molecule has 0 spiro atoms. The van der Waals surface area contributed by atoms with E-state index in [-0.39, 0.29) is 17.0 Å². The summed E-state index contributed by atoms with van der Waals surface area (Å²) in [5, 5.41) is 0. The Morgan fingerprint density at radius 2 is 1.97 bits per heavy atom. The highest BCUT2D eigenvalue weighted by Gasteiger charge is 2.36. The molecule has 1 unspecified atom stereocenters. The van der Waals surface area contributed by atoms with E-state index >= 15 is 0 Å². The smallest absolute Gasteiger partial charge is 0.410 e. The summed E-state index contributed by atoms with van der Waals surface area (Å²) >= 11 is 0. The van der Waals surface area contributed by atoms with Crippen LogP contribution in [0.3, 0.4) is 0 Å². The lowest BCUT2D eigenvalue weighted by atomic mass is 10.0. The molecule has 1 aliphatic heterocycles. The third-order valence-electron chi connectivity index (χ3n) is 5.06. The fourth-order valence-corrected chi connectivity index (χ4v) is 4.30. The van der Waals surface area contributed by atoms with Gasteiger partial charge in [-0.1, -0.05) is 13.8 Å². The number of benzene rings is 1. The van der Waals surface area contributed by atoms with Crippen molar-refractivity contribution < 1.29 is 17.9 Å². The summed E-state index contributed by atoms with van der Waals surface area (Å²) in [6, 6.07) is 4.82. The molecule has 2 heterocycles. The molecule has 1 aromatic carbocycles. The standard InChI is InChI=1S/C21H31N3O4S/c1-14(2)7-10-17-19-22-16-9-8-15(29(6,26)27)13-18(16)23(19)11-12-24(17)20(25)28-21(3,4)5/h8-9,13-14,17H,7,10-12H2,1-6H3. The molecule has 0 N–H and O–H groups in total. The van der Waals surface area contributed by atoms with Gasteiger partial charge in [0.15, 0.2) is 9.84 Å². The molecule has 2 aromatic rings. The molecule has 0 aliphatic carbocycles. The molecule has 1 atom stereocenters. The lowest BCUT2D eigenvalue weighted by molar-refractivity contribution is 0.00849. The van der Waals surface area contributed by atoms with Gasteiger partial charge in [-0.15, -0.1) is 0 Å². The maximum atomic E-state index is 12.9. The van der Waals surface area contributed by atoms with Gasteiger partial charge in [0, 0.05) is 19.3 Å². The van der Waals surface area contributed by atoms with Crippen molar-refractivity contribution in [1.82, 2.24) is 14.5 Å². The zero-order valence-electron chi connectivity index (χ0n) is 18.1. The summed E-state index contributed by atoms with van der Waals surface area (Å²) in [6.45, 7) is 10.9. The Morgan fingerprint density at radius 3 is 2.55 bits per heavy atom. The first-order chi connectivity index (χ1) is 13.4. The average Bonchev–Trinajstić information content (AvgIpc) is 2.95. The van der Waals surface area contributed by atoms with Gasteiger partial charge in [-0.25, -0.2) is 18.2 Å². The molecule has 1 aromatic heterocycles. The average molecular weight is 422 g/mol. The second-order valence-electron chi connectivity index (χ2n) is 9.21. The van der Waals surface area contributed by atoms with Crippen LogP contribution in [0.15, 0.2) is 23.1 Å². The van der Waals surface area contributed by atoms with Crippen LogP contribution in [0.25, 0.3) is 11.0 Å². The number of carbonyl (C=O) groups is 1. The number of sulfone groups is 1. The van der Waals surface area contributed by atoms with Gasteiger partial charge < -0.3 is 9.30 Å². The van der Waals surface area contributed by atoms with Crippen LogP contribution >= 0.6 is 0 Å². The molecule has 1 aliphatic rings. The number of rotatable bonds is 4.